The van der Waals surface area contributed by atoms with Crippen molar-refractivity contribution < 1.29 is 22.7 Å². The number of sulfonamides is 1. The first kappa shape index (κ1) is 20.8. The lowest BCUT2D eigenvalue weighted by Crippen LogP contribution is -2.14. The van der Waals surface area contributed by atoms with Crippen LogP contribution in [0.2, 0.25) is 0 Å². The minimum atomic E-state index is -3.84. The number of fused-ring (bicyclic) bond motifs is 2. The van der Waals surface area contributed by atoms with Crippen LogP contribution in [0.15, 0.2) is 71.6 Å². The molecule has 2 heterocycles. The number of nitrogens with one attached hydrogen (secondary N) is 3. The minimum Gasteiger partial charge on any atom is -0.490 e. The number of aromatic nitrogens is 2. The van der Waals surface area contributed by atoms with Crippen LogP contribution < -0.4 is 19.5 Å². The molecule has 4 aromatic rings. The predicted molar refractivity (Wildman–Crippen MR) is 123 cm³/mol. The van der Waals surface area contributed by atoms with Crippen LogP contribution in [0, 0.1) is 0 Å². The van der Waals surface area contributed by atoms with Gasteiger partial charge in [0, 0.05) is 29.2 Å². The zero-order valence-electron chi connectivity index (χ0n) is 17.4. The molecule has 9 nitrogen and oxygen atoms in total. The van der Waals surface area contributed by atoms with Crippen LogP contribution in [0.4, 0.5) is 11.4 Å². The standard InChI is InChI=1S/C23H20N4O5S/c28-23(22-18-4-1-2-5-19(18)25-26-22)24-15-6-8-16(9-7-15)27-33(29,30)17-10-11-20-21(14-17)32-13-3-12-31-20/h1-2,4-11,14,27H,3,12-13H2,(H,24,28)(H,25,26). The van der Waals surface area contributed by atoms with Gasteiger partial charge in [-0.25, -0.2) is 8.42 Å². The van der Waals surface area contributed by atoms with E-state index in [0.29, 0.717) is 36.1 Å². The van der Waals surface area contributed by atoms with Gasteiger partial charge in [-0.15, -0.1) is 0 Å². The molecule has 0 radical (unpaired) electrons. The topological polar surface area (TPSA) is 122 Å². The van der Waals surface area contributed by atoms with Crippen molar-refractivity contribution in [1.82, 2.24) is 10.2 Å². The van der Waals surface area contributed by atoms with Crippen LogP contribution >= 0.6 is 0 Å². The van der Waals surface area contributed by atoms with Gasteiger partial charge in [-0.2, -0.15) is 5.10 Å². The molecule has 1 aromatic heterocycles. The molecule has 5 rings (SSSR count). The highest BCUT2D eigenvalue weighted by Crippen LogP contribution is 2.32. The summed E-state index contributed by atoms with van der Waals surface area (Å²) < 4.78 is 39.3. The largest absolute Gasteiger partial charge is 0.490 e. The average Bonchev–Trinajstić information content (AvgIpc) is 3.10. The Hall–Kier alpha value is -4.05. The fraction of sp³-hybridized carbons (Fsp3) is 0.130. The Morgan fingerprint density at radius 1 is 0.909 bits per heavy atom. The SMILES string of the molecule is O=C(Nc1ccc(NS(=O)(=O)c2ccc3c(c2)OCCCO3)cc1)c1n[nH]c2ccccc12. The molecule has 1 aliphatic rings. The van der Waals surface area contributed by atoms with Gasteiger partial charge in [-0.05, 0) is 42.5 Å². The molecule has 3 N–H and O–H groups in total. The summed E-state index contributed by atoms with van der Waals surface area (Å²) >= 11 is 0. The van der Waals surface area contributed by atoms with Crippen molar-refractivity contribution in [2.75, 3.05) is 23.3 Å². The van der Waals surface area contributed by atoms with E-state index in [2.05, 4.69) is 20.2 Å². The maximum absolute atomic E-state index is 12.8. The van der Waals surface area contributed by atoms with Gasteiger partial charge < -0.3 is 14.8 Å². The number of carbonyl (C=O) groups excluding carboxylic acids is 1. The normalized spacial score (nSPS) is 13.3. The van der Waals surface area contributed by atoms with E-state index in [1.54, 1.807) is 30.3 Å². The number of rotatable bonds is 5. The number of ether oxygens (including phenoxy) is 2. The molecule has 0 bridgehead atoms. The number of amides is 1. The van der Waals surface area contributed by atoms with Crippen LogP contribution in [0.3, 0.4) is 0 Å². The lowest BCUT2D eigenvalue weighted by atomic mass is 10.2. The Kier molecular flexibility index (Phi) is 5.35. The van der Waals surface area contributed by atoms with Crippen molar-refractivity contribution in [3.05, 3.63) is 72.4 Å². The molecule has 10 heteroatoms. The molecule has 0 aliphatic carbocycles. The number of nitrogens with zero attached hydrogens (tertiary/aromatic N) is 1. The zero-order chi connectivity index (χ0) is 22.8. The molecule has 33 heavy (non-hydrogen) atoms. The summed E-state index contributed by atoms with van der Waals surface area (Å²) in [6.07, 6.45) is 0.730. The van der Waals surface area contributed by atoms with Gasteiger partial charge in [0.1, 0.15) is 0 Å². The number of hydrogen-bond donors (Lipinski definition) is 3. The monoisotopic (exact) mass is 464 g/mol. The van der Waals surface area contributed by atoms with E-state index < -0.39 is 10.0 Å². The Balaban J connectivity index is 1.29. The lowest BCUT2D eigenvalue weighted by molar-refractivity contribution is 0.102. The first-order valence-corrected chi connectivity index (χ1v) is 11.7. The maximum atomic E-state index is 12.8. The molecule has 0 saturated carbocycles. The highest BCUT2D eigenvalue weighted by atomic mass is 32.2. The molecule has 0 fully saturated rings. The molecule has 0 spiro atoms. The van der Waals surface area contributed by atoms with Crippen LogP contribution in [-0.4, -0.2) is 37.7 Å². The van der Waals surface area contributed by atoms with Crippen molar-refractivity contribution >= 4 is 38.2 Å². The van der Waals surface area contributed by atoms with E-state index in [1.165, 1.54) is 12.1 Å². The molecule has 3 aromatic carbocycles. The lowest BCUT2D eigenvalue weighted by Gasteiger charge is -2.12. The number of H-pyrrole nitrogens is 1. The second-order valence-electron chi connectivity index (χ2n) is 7.41. The Morgan fingerprint density at radius 2 is 1.64 bits per heavy atom. The van der Waals surface area contributed by atoms with Gasteiger partial charge in [-0.3, -0.25) is 14.6 Å². The van der Waals surface area contributed by atoms with Crippen molar-refractivity contribution in [1.29, 1.82) is 0 Å². The fourth-order valence-electron chi connectivity index (χ4n) is 3.47. The highest BCUT2D eigenvalue weighted by Gasteiger charge is 2.19. The van der Waals surface area contributed by atoms with E-state index in [4.69, 9.17) is 9.47 Å². The molecule has 1 aliphatic heterocycles. The molecule has 168 valence electrons. The minimum absolute atomic E-state index is 0.0644. The van der Waals surface area contributed by atoms with Gasteiger partial charge in [-0.1, -0.05) is 18.2 Å². The summed E-state index contributed by atoms with van der Waals surface area (Å²) in [5, 5.41) is 10.4. The van der Waals surface area contributed by atoms with Gasteiger partial charge in [0.25, 0.3) is 15.9 Å². The van der Waals surface area contributed by atoms with E-state index >= 15 is 0 Å². The quantitative estimate of drug-likeness (QED) is 0.413. The third-order valence-electron chi connectivity index (χ3n) is 5.11. The van der Waals surface area contributed by atoms with E-state index in [0.717, 1.165) is 17.3 Å². The second kappa shape index (κ2) is 8.47. The van der Waals surface area contributed by atoms with Crippen LogP contribution in [0.5, 0.6) is 11.5 Å². The molecule has 0 unspecified atom stereocenters. The van der Waals surface area contributed by atoms with Crippen LogP contribution in [-0.2, 0) is 10.0 Å². The van der Waals surface area contributed by atoms with Crippen molar-refractivity contribution in [3.63, 3.8) is 0 Å². The number of hydrogen-bond acceptors (Lipinski definition) is 6. The Morgan fingerprint density at radius 3 is 2.45 bits per heavy atom. The number of anilines is 2. The van der Waals surface area contributed by atoms with E-state index in [-0.39, 0.29) is 16.5 Å². The molecule has 0 saturated heterocycles. The van der Waals surface area contributed by atoms with Crippen LogP contribution in [0.25, 0.3) is 10.9 Å². The molecule has 0 atom stereocenters. The summed E-state index contributed by atoms with van der Waals surface area (Å²) in [4.78, 5) is 12.7. The summed E-state index contributed by atoms with van der Waals surface area (Å²) in [6.45, 7) is 0.988. The summed E-state index contributed by atoms with van der Waals surface area (Å²) in [5.74, 6) is 0.559. The highest BCUT2D eigenvalue weighted by molar-refractivity contribution is 7.92. The zero-order valence-corrected chi connectivity index (χ0v) is 18.2. The third-order valence-corrected chi connectivity index (χ3v) is 6.49. The fourth-order valence-corrected chi connectivity index (χ4v) is 4.55. The van der Waals surface area contributed by atoms with Crippen molar-refractivity contribution in [2.45, 2.75) is 11.3 Å². The van der Waals surface area contributed by atoms with Gasteiger partial charge in [0.2, 0.25) is 0 Å². The summed E-state index contributed by atoms with van der Waals surface area (Å²) in [7, 11) is -3.84. The first-order valence-electron chi connectivity index (χ1n) is 10.3. The van der Waals surface area contributed by atoms with Crippen molar-refractivity contribution in [2.24, 2.45) is 0 Å². The number of carbonyl (C=O) groups is 1. The predicted octanol–water partition coefficient (Wildman–Crippen LogP) is 3.78. The molecular weight excluding hydrogens is 444 g/mol. The maximum Gasteiger partial charge on any atom is 0.276 e. The number of para-hydroxylation sites is 1. The summed E-state index contributed by atoms with van der Waals surface area (Å²) in [6, 6.07) is 18.2. The smallest absolute Gasteiger partial charge is 0.276 e. The van der Waals surface area contributed by atoms with Gasteiger partial charge in [0.15, 0.2) is 17.2 Å². The molecular formula is C23H20N4O5S. The van der Waals surface area contributed by atoms with Crippen molar-refractivity contribution in [3.8, 4) is 11.5 Å². The van der Waals surface area contributed by atoms with Gasteiger partial charge in [0.05, 0.1) is 23.6 Å². The number of aromatic amines is 1. The van der Waals surface area contributed by atoms with E-state index in [9.17, 15) is 13.2 Å². The third kappa shape index (κ3) is 4.33. The van der Waals surface area contributed by atoms with E-state index in [1.807, 2.05) is 24.3 Å². The second-order valence-corrected chi connectivity index (χ2v) is 9.10. The van der Waals surface area contributed by atoms with Crippen LogP contribution in [0.1, 0.15) is 16.9 Å². The Labute approximate surface area is 189 Å². The first-order chi connectivity index (χ1) is 16.0. The van der Waals surface area contributed by atoms with Gasteiger partial charge >= 0.3 is 0 Å². The average molecular weight is 465 g/mol. The Bertz CT molecular complexity index is 1430. The molecule has 1 amide bonds. The number of benzene rings is 3. The summed E-state index contributed by atoms with van der Waals surface area (Å²) in [5.41, 5.74) is 1.91.